The van der Waals surface area contributed by atoms with Gasteiger partial charge in [-0.15, -0.1) is 0 Å². The second-order valence-corrected chi connectivity index (χ2v) is 16.8. The first kappa shape index (κ1) is 41.3. The number of carbonyl (C=O) groups is 4. The first-order valence-corrected chi connectivity index (χ1v) is 21.8. The smallest absolute Gasteiger partial charge is 0.264 e. The summed E-state index contributed by atoms with van der Waals surface area (Å²) in [6.07, 6.45) is 6.21. The maximum atomic E-state index is 13.3. The fourth-order valence-electron chi connectivity index (χ4n) is 7.83. The molecule has 3 aromatic carbocycles. The lowest BCUT2D eigenvalue weighted by Crippen LogP contribution is -2.54. The van der Waals surface area contributed by atoms with Crippen molar-refractivity contribution in [3.63, 3.8) is 0 Å². The highest BCUT2D eigenvalue weighted by Crippen LogP contribution is 2.41. The minimum atomic E-state index is -3.52. The van der Waals surface area contributed by atoms with Crippen molar-refractivity contribution in [2.24, 2.45) is 0 Å². The van der Waals surface area contributed by atoms with E-state index in [4.69, 9.17) is 14.2 Å². The van der Waals surface area contributed by atoms with Gasteiger partial charge in [-0.25, -0.2) is 18.4 Å². The third kappa shape index (κ3) is 10.1. The molecule has 4 amide bonds. The van der Waals surface area contributed by atoms with Crippen molar-refractivity contribution < 1.29 is 41.8 Å². The molecular formula is C43H48N6O9S. The van der Waals surface area contributed by atoms with Crippen LogP contribution in [0.4, 0.5) is 11.6 Å². The molecule has 1 aromatic heterocycles. The second kappa shape index (κ2) is 18.4. The maximum Gasteiger partial charge on any atom is 0.264 e. The van der Waals surface area contributed by atoms with Crippen LogP contribution in [-0.4, -0.2) is 91.7 Å². The van der Waals surface area contributed by atoms with Crippen LogP contribution in [0.5, 0.6) is 11.5 Å². The summed E-state index contributed by atoms with van der Waals surface area (Å²) < 4.78 is 44.4. The molecule has 8 rings (SSSR count). The minimum Gasteiger partial charge on any atom is -0.494 e. The summed E-state index contributed by atoms with van der Waals surface area (Å²) in [5.41, 5.74) is 3.99. The number of nitrogens with one attached hydrogen (secondary N) is 3. The van der Waals surface area contributed by atoms with E-state index in [9.17, 15) is 27.6 Å². The first-order chi connectivity index (χ1) is 28.4. The molecule has 59 heavy (non-hydrogen) atoms. The molecule has 0 saturated carbocycles. The molecule has 4 aliphatic rings. The van der Waals surface area contributed by atoms with Gasteiger partial charge in [-0.05, 0) is 91.6 Å². The van der Waals surface area contributed by atoms with Gasteiger partial charge in [0.15, 0.2) is 0 Å². The van der Waals surface area contributed by atoms with Gasteiger partial charge < -0.3 is 19.5 Å². The fraction of sp³-hybridized carbons (Fsp3) is 0.395. The van der Waals surface area contributed by atoms with Crippen molar-refractivity contribution in [3.8, 4) is 11.5 Å². The third-order valence-corrected chi connectivity index (χ3v) is 11.3. The highest BCUT2D eigenvalue weighted by atomic mass is 32.2. The number of benzene rings is 3. The number of sulfonamides is 1. The zero-order valence-corrected chi connectivity index (χ0v) is 33.8. The standard InChI is InChI=1S/C43H48N6O9S/c1-27-28-10-16-32(17-11-28)58-36(26-30-20-22-45-43(46-30)48-59(2,54)55)38(27)29-12-14-31(15-13-29)57-25-6-5-24-56-23-4-3-21-44-34-9-7-8-33-39(34)42(53)49(41(33)52)35-18-19-37(50)47-40(35)51/h7-17,20,22,27,35-36,38,44H,3-6,18-19,21,23-26H2,1-2H3,(H,45,46,48)(H,47,50,51). The second-order valence-electron chi connectivity index (χ2n) is 15.0. The van der Waals surface area contributed by atoms with Gasteiger partial charge in [0.1, 0.15) is 23.6 Å². The number of hydrogen-bond donors (Lipinski definition) is 3. The molecule has 4 aromatic rings. The average Bonchev–Trinajstić information content (AvgIpc) is 3.45. The van der Waals surface area contributed by atoms with Crippen LogP contribution in [0.25, 0.3) is 0 Å². The molecule has 4 unspecified atom stereocenters. The van der Waals surface area contributed by atoms with E-state index in [-0.39, 0.29) is 47.9 Å². The molecule has 0 radical (unpaired) electrons. The van der Waals surface area contributed by atoms with Crippen molar-refractivity contribution in [3.05, 3.63) is 107 Å². The molecule has 2 bridgehead atoms. The fourth-order valence-corrected chi connectivity index (χ4v) is 8.26. The number of unbranched alkanes of at least 4 members (excludes halogenated alkanes) is 2. The van der Waals surface area contributed by atoms with Crippen LogP contribution in [0.3, 0.4) is 0 Å². The Morgan fingerprint density at radius 2 is 1.61 bits per heavy atom. The zero-order valence-electron chi connectivity index (χ0n) is 33.0. The van der Waals surface area contributed by atoms with E-state index in [0.717, 1.165) is 53.9 Å². The Morgan fingerprint density at radius 3 is 2.36 bits per heavy atom. The number of anilines is 2. The molecule has 5 heterocycles. The highest BCUT2D eigenvalue weighted by Gasteiger charge is 2.45. The molecule has 15 nitrogen and oxygen atoms in total. The third-order valence-electron chi connectivity index (χ3n) is 10.7. The number of hydrogen-bond acceptors (Lipinski definition) is 12. The Hall–Kier alpha value is -5.87. The Balaban J connectivity index is 0.826. The van der Waals surface area contributed by atoms with Crippen LogP contribution in [0, 0.1) is 0 Å². The van der Waals surface area contributed by atoms with Gasteiger partial charge in [-0.2, -0.15) is 0 Å². The van der Waals surface area contributed by atoms with Crippen LogP contribution in [0.15, 0.2) is 79.0 Å². The zero-order chi connectivity index (χ0) is 41.5. The van der Waals surface area contributed by atoms with E-state index < -0.39 is 39.7 Å². The molecule has 310 valence electrons. The van der Waals surface area contributed by atoms with Gasteiger partial charge >= 0.3 is 0 Å². The van der Waals surface area contributed by atoms with Crippen LogP contribution in [-0.2, 0) is 30.8 Å². The monoisotopic (exact) mass is 824 g/mol. The molecule has 1 saturated heterocycles. The Morgan fingerprint density at radius 1 is 0.881 bits per heavy atom. The number of imide groups is 2. The molecule has 3 N–H and O–H groups in total. The number of amides is 4. The van der Waals surface area contributed by atoms with Gasteiger partial charge in [-0.3, -0.25) is 34.1 Å². The SMILES string of the molecule is CC1c2ccc(cc2)OC(Cc2ccnc(NS(C)(=O)=O)n2)C1c1ccc(OCCCCOCCCCNc2cccc3c2C(=O)N(C2CCC(=O)NC2=O)C3=O)cc1. The van der Waals surface area contributed by atoms with E-state index in [1.807, 2.05) is 24.3 Å². The van der Waals surface area contributed by atoms with Gasteiger partial charge in [0.2, 0.25) is 27.8 Å². The molecule has 1 fully saturated rings. The van der Waals surface area contributed by atoms with Crippen LogP contribution in [0.2, 0.25) is 0 Å². The van der Waals surface area contributed by atoms with E-state index in [1.54, 1.807) is 30.5 Å². The van der Waals surface area contributed by atoms with Crippen molar-refractivity contribution in [1.82, 2.24) is 20.2 Å². The van der Waals surface area contributed by atoms with E-state index in [1.165, 1.54) is 5.56 Å². The number of rotatable bonds is 18. The average molecular weight is 825 g/mol. The summed E-state index contributed by atoms with van der Waals surface area (Å²) in [6, 6.07) is 22.0. The van der Waals surface area contributed by atoms with Crippen molar-refractivity contribution in [1.29, 1.82) is 0 Å². The highest BCUT2D eigenvalue weighted by molar-refractivity contribution is 7.92. The predicted molar refractivity (Wildman–Crippen MR) is 219 cm³/mol. The van der Waals surface area contributed by atoms with Gasteiger partial charge in [0, 0.05) is 56.1 Å². The van der Waals surface area contributed by atoms with E-state index >= 15 is 0 Å². The van der Waals surface area contributed by atoms with Crippen molar-refractivity contribution >= 4 is 45.3 Å². The van der Waals surface area contributed by atoms with Gasteiger partial charge in [0.05, 0.1) is 24.0 Å². The normalized spacial score (nSPS) is 20.1. The Bertz CT molecular complexity index is 2290. The van der Waals surface area contributed by atoms with Gasteiger partial charge in [-0.1, -0.05) is 37.3 Å². The summed E-state index contributed by atoms with van der Waals surface area (Å²) in [4.78, 5) is 59.8. The number of fused-ring (bicyclic) bond motifs is 6. The Labute approximate surface area is 343 Å². The maximum absolute atomic E-state index is 13.3. The lowest BCUT2D eigenvalue weighted by molar-refractivity contribution is -0.136. The molecule has 4 aliphatic heterocycles. The molecular weight excluding hydrogens is 777 g/mol. The molecule has 16 heteroatoms. The lowest BCUT2D eigenvalue weighted by Gasteiger charge is -2.35. The van der Waals surface area contributed by atoms with Crippen molar-refractivity contribution in [2.75, 3.05) is 42.7 Å². The number of aromatic nitrogens is 2. The van der Waals surface area contributed by atoms with E-state index in [0.29, 0.717) is 44.2 Å². The summed E-state index contributed by atoms with van der Waals surface area (Å²) in [6.45, 7) is 4.49. The number of carbonyl (C=O) groups excluding carboxylic acids is 4. The summed E-state index contributed by atoms with van der Waals surface area (Å²) in [5.74, 6) is -0.450. The topological polar surface area (TPSA) is 195 Å². The molecule has 4 atom stereocenters. The molecule has 0 spiro atoms. The first-order valence-electron chi connectivity index (χ1n) is 19.9. The summed E-state index contributed by atoms with van der Waals surface area (Å²) in [7, 11) is -3.52. The predicted octanol–water partition coefficient (Wildman–Crippen LogP) is 5.21. The van der Waals surface area contributed by atoms with E-state index in [2.05, 4.69) is 56.5 Å². The van der Waals surface area contributed by atoms with Crippen molar-refractivity contribution in [2.45, 2.75) is 75.9 Å². The molecule has 0 aliphatic carbocycles. The number of ether oxygens (including phenoxy) is 3. The number of piperidine rings is 1. The van der Waals surface area contributed by atoms with Crippen LogP contribution >= 0.6 is 0 Å². The Kier molecular flexibility index (Phi) is 12.9. The largest absolute Gasteiger partial charge is 0.494 e. The summed E-state index contributed by atoms with van der Waals surface area (Å²) >= 11 is 0. The van der Waals surface area contributed by atoms with Crippen LogP contribution < -0.4 is 24.8 Å². The van der Waals surface area contributed by atoms with Gasteiger partial charge in [0.25, 0.3) is 11.8 Å². The number of nitrogens with zero attached hydrogens (tertiary/aromatic N) is 3. The van der Waals surface area contributed by atoms with Crippen LogP contribution in [0.1, 0.15) is 94.8 Å². The summed E-state index contributed by atoms with van der Waals surface area (Å²) in [5, 5.41) is 5.48. The lowest BCUT2D eigenvalue weighted by atomic mass is 9.77. The quantitative estimate of drug-likeness (QED) is 0.0878. The minimum absolute atomic E-state index is 0.0232.